The molecule has 2 N–H and O–H groups in total. The number of H-pyrrole nitrogens is 1. The van der Waals surface area contributed by atoms with Crippen LogP contribution in [0.3, 0.4) is 0 Å². The molecule has 0 atom stereocenters. The van der Waals surface area contributed by atoms with Gasteiger partial charge in [-0.3, -0.25) is 0 Å². The van der Waals surface area contributed by atoms with Gasteiger partial charge >= 0.3 is 0 Å². The van der Waals surface area contributed by atoms with Gasteiger partial charge in [0.15, 0.2) is 0 Å². The average molecular weight is 281 g/mol. The fourth-order valence-corrected chi connectivity index (χ4v) is 2.42. The Morgan fingerprint density at radius 1 is 1.32 bits per heavy atom. The second-order valence-corrected chi connectivity index (χ2v) is 5.55. The van der Waals surface area contributed by atoms with Crippen molar-refractivity contribution < 1.29 is 13.2 Å². The fourth-order valence-electron chi connectivity index (χ4n) is 1.44. The monoisotopic (exact) mass is 281 g/mol. The van der Waals surface area contributed by atoms with Crippen LogP contribution in [0.25, 0.3) is 0 Å². The lowest BCUT2D eigenvalue weighted by Crippen LogP contribution is -2.13. The van der Waals surface area contributed by atoms with E-state index in [0.29, 0.717) is 12.4 Å². The molecular weight excluding hydrogens is 266 g/mol. The highest BCUT2D eigenvalue weighted by molar-refractivity contribution is 7.92. The van der Waals surface area contributed by atoms with Crippen LogP contribution in [0, 0.1) is 0 Å². The Bertz CT molecular complexity index is 606. The Kier molecular flexibility index (Phi) is 4.06. The predicted molar refractivity (Wildman–Crippen MR) is 71.6 cm³/mol. The molecule has 0 aliphatic heterocycles. The van der Waals surface area contributed by atoms with Crippen LogP contribution in [-0.4, -0.2) is 25.0 Å². The quantitative estimate of drug-likeness (QED) is 0.848. The summed E-state index contributed by atoms with van der Waals surface area (Å²) in [6.07, 6.45) is 3.92. The number of hydrogen-bond acceptors (Lipinski definition) is 4. The average Bonchev–Trinajstić information content (AvgIpc) is 2.89. The van der Waals surface area contributed by atoms with Gasteiger partial charge in [-0.25, -0.2) is 18.1 Å². The van der Waals surface area contributed by atoms with Crippen LogP contribution in [-0.2, 0) is 10.0 Å². The Hall–Kier alpha value is -2.02. The van der Waals surface area contributed by atoms with E-state index >= 15 is 0 Å². The van der Waals surface area contributed by atoms with E-state index in [-0.39, 0.29) is 10.8 Å². The topological polar surface area (TPSA) is 84.1 Å². The highest BCUT2D eigenvalue weighted by atomic mass is 32.2. The van der Waals surface area contributed by atoms with E-state index in [9.17, 15) is 8.42 Å². The summed E-state index contributed by atoms with van der Waals surface area (Å²) in [5.41, 5.74) is 0. The summed E-state index contributed by atoms with van der Waals surface area (Å²) < 4.78 is 31.8. The van der Waals surface area contributed by atoms with Crippen LogP contribution >= 0.6 is 0 Å². The van der Waals surface area contributed by atoms with Gasteiger partial charge in [0.25, 0.3) is 10.0 Å². The molecule has 0 saturated carbocycles. The maximum Gasteiger partial charge on any atom is 0.264 e. The van der Waals surface area contributed by atoms with Crippen molar-refractivity contribution in [3.8, 4) is 5.75 Å². The minimum atomic E-state index is -3.62. The number of nitrogens with one attached hydrogen (secondary N) is 2. The zero-order valence-electron chi connectivity index (χ0n) is 10.5. The third kappa shape index (κ3) is 3.47. The fraction of sp³-hybridized carbons (Fsp3) is 0.250. The number of aromatic nitrogens is 2. The van der Waals surface area contributed by atoms with Gasteiger partial charge in [0.05, 0.1) is 11.5 Å². The van der Waals surface area contributed by atoms with Crippen LogP contribution in [0.5, 0.6) is 5.75 Å². The summed E-state index contributed by atoms with van der Waals surface area (Å²) >= 11 is 0. The number of anilines is 1. The molecule has 0 unspecified atom stereocenters. The van der Waals surface area contributed by atoms with E-state index in [2.05, 4.69) is 14.7 Å². The third-order valence-electron chi connectivity index (χ3n) is 2.34. The van der Waals surface area contributed by atoms with Crippen molar-refractivity contribution in [2.75, 3.05) is 11.3 Å². The van der Waals surface area contributed by atoms with Crippen molar-refractivity contribution >= 4 is 16.0 Å². The molecule has 0 bridgehead atoms. The lowest BCUT2D eigenvalue weighted by molar-refractivity contribution is 0.317. The van der Waals surface area contributed by atoms with E-state index in [1.807, 2.05) is 6.92 Å². The maximum atomic E-state index is 12.0. The van der Waals surface area contributed by atoms with Gasteiger partial charge < -0.3 is 9.72 Å². The Balaban J connectivity index is 2.12. The van der Waals surface area contributed by atoms with Gasteiger partial charge in [0.1, 0.15) is 5.75 Å². The summed E-state index contributed by atoms with van der Waals surface area (Å²) in [4.78, 5) is 6.65. The zero-order chi connectivity index (χ0) is 13.7. The number of imidazole rings is 1. The van der Waals surface area contributed by atoms with Gasteiger partial charge in [0, 0.05) is 12.4 Å². The van der Waals surface area contributed by atoms with E-state index in [1.165, 1.54) is 18.3 Å². The van der Waals surface area contributed by atoms with Gasteiger partial charge in [-0.1, -0.05) is 6.92 Å². The number of rotatable bonds is 6. The minimum absolute atomic E-state index is 0.160. The van der Waals surface area contributed by atoms with E-state index in [1.54, 1.807) is 18.3 Å². The van der Waals surface area contributed by atoms with Gasteiger partial charge in [-0.15, -0.1) is 0 Å². The van der Waals surface area contributed by atoms with Gasteiger partial charge in [0.2, 0.25) is 5.95 Å². The molecule has 19 heavy (non-hydrogen) atoms. The Morgan fingerprint density at radius 3 is 2.63 bits per heavy atom. The van der Waals surface area contributed by atoms with Crippen LogP contribution in [0.2, 0.25) is 0 Å². The zero-order valence-corrected chi connectivity index (χ0v) is 11.3. The molecule has 2 aromatic rings. The number of ether oxygens (including phenoxy) is 1. The number of nitrogens with zero attached hydrogens (tertiary/aromatic N) is 1. The predicted octanol–water partition coefficient (Wildman–Crippen LogP) is 2.00. The van der Waals surface area contributed by atoms with Crippen molar-refractivity contribution in [1.82, 2.24) is 9.97 Å². The van der Waals surface area contributed by atoms with Crippen molar-refractivity contribution in [3.05, 3.63) is 36.7 Å². The minimum Gasteiger partial charge on any atom is -0.494 e. The summed E-state index contributed by atoms with van der Waals surface area (Å²) in [6.45, 7) is 2.61. The molecular formula is C12H15N3O3S. The standard InChI is InChI=1S/C12H15N3O3S/c1-2-9-18-10-3-5-11(6-4-10)19(16,17)15-12-13-7-8-14-12/h3-8H,2,9H2,1H3,(H2,13,14,15). The molecule has 2 rings (SSSR count). The molecule has 0 spiro atoms. The molecule has 0 fully saturated rings. The molecule has 1 aromatic heterocycles. The first-order valence-electron chi connectivity index (χ1n) is 5.87. The Labute approximate surface area is 111 Å². The molecule has 0 aliphatic rings. The second-order valence-electron chi connectivity index (χ2n) is 3.86. The molecule has 0 amide bonds. The molecule has 1 heterocycles. The molecule has 0 aliphatic carbocycles. The molecule has 0 saturated heterocycles. The molecule has 6 nitrogen and oxygen atoms in total. The summed E-state index contributed by atoms with van der Waals surface area (Å²) in [5.74, 6) is 0.838. The maximum absolute atomic E-state index is 12.0. The van der Waals surface area contributed by atoms with Crippen LogP contribution < -0.4 is 9.46 Å². The van der Waals surface area contributed by atoms with E-state index in [0.717, 1.165) is 6.42 Å². The largest absolute Gasteiger partial charge is 0.494 e. The smallest absolute Gasteiger partial charge is 0.264 e. The number of benzene rings is 1. The highest BCUT2D eigenvalue weighted by Crippen LogP contribution is 2.17. The first-order chi connectivity index (χ1) is 9.12. The Morgan fingerprint density at radius 2 is 2.05 bits per heavy atom. The van der Waals surface area contributed by atoms with E-state index in [4.69, 9.17) is 4.74 Å². The first kappa shape index (κ1) is 13.4. The molecule has 1 aromatic carbocycles. The van der Waals surface area contributed by atoms with Crippen LogP contribution in [0.1, 0.15) is 13.3 Å². The van der Waals surface area contributed by atoms with Gasteiger partial charge in [-0.05, 0) is 30.7 Å². The number of aromatic amines is 1. The SMILES string of the molecule is CCCOc1ccc(S(=O)(=O)Nc2ncc[nH]2)cc1. The lowest BCUT2D eigenvalue weighted by Gasteiger charge is -2.07. The summed E-state index contributed by atoms with van der Waals surface area (Å²) in [6, 6.07) is 6.26. The summed E-state index contributed by atoms with van der Waals surface area (Å²) in [7, 11) is -3.62. The number of sulfonamides is 1. The second kappa shape index (κ2) is 5.75. The number of hydrogen-bond donors (Lipinski definition) is 2. The van der Waals surface area contributed by atoms with Gasteiger partial charge in [-0.2, -0.15) is 0 Å². The van der Waals surface area contributed by atoms with E-state index < -0.39 is 10.0 Å². The highest BCUT2D eigenvalue weighted by Gasteiger charge is 2.15. The van der Waals surface area contributed by atoms with Crippen LogP contribution in [0.4, 0.5) is 5.95 Å². The van der Waals surface area contributed by atoms with Crippen LogP contribution in [0.15, 0.2) is 41.6 Å². The normalized spacial score (nSPS) is 11.2. The van der Waals surface area contributed by atoms with Crippen molar-refractivity contribution in [3.63, 3.8) is 0 Å². The first-order valence-corrected chi connectivity index (χ1v) is 7.35. The summed E-state index contributed by atoms with van der Waals surface area (Å²) in [5, 5.41) is 0. The molecule has 7 heteroatoms. The van der Waals surface area contributed by atoms with Crippen molar-refractivity contribution in [2.24, 2.45) is 0 Å². The van der Waals surface area contributed by atoms with Crippen molar-refractivity contribution in [2.45, 2.75) is 18.2 Å². The van der Waals surface area contributed by atoms with Crippen molar-refractivity contribution in [1.29, 1.82) is 0 Å². The molecule has 102 valence electrons. The lowest BCUT2D eigenvalue weighted by atomic mass is 10.3. The third-order valence-corrected chi connectivity index (χ3v) is 3.69. The molecule has 0 radical (unpaired) electrons.